The molecule has 0 fully saturated rings. The highest BCUT2D eigenvalue weighted by Gasteiger charge is 2.39. The maximum absolute atomic E-state index is 13.2. The van der Waals surface area contributed by atoms with Crippen molar-refractivity contribution in [3.8, 4) is 5.69 Å². The summed E-state index contributed by atoms with van der Waals surface area (Å²) in [5.74, 6) is -0.626. The number of benzene rings is 3. The highest BCUT2D eigenvalue weighted by Crippen LogP contribution is 2.30. The summed E-state index contributed by atoms with van der Waals surface area (Å²) in [5.41, 5.74) is 6.75. The number of amides is 1. The van der Waals surface area contributed by atoms with E-state index in [1.165, 1.54) is 0 Å². The highest BCUT2D eigenvalue weighted by atomic mass is 79.9. The molecular formula is C28H26BrN3O2. The van der Waals surface area contributed by atoms with Crippen LogP contribution >= 0.6 is 15.9 Å². The van der Waals surface area contributed by atoms with E-state index in [9.17, 15) is 9.90 Å². The molecular weight excluding hydrogens is 490 g/mol. The molecule has 0 spiro atoms. The number of hydrogen-bond acceptors (Lipinski definition) is 3. The van der Waals surface area contributed by atoms with Crippen molar-refractivity contribution in [1.29, 1.82) is 0 Å². The topological polar surface area (TPSA) is 66.6 Å². The van der Waals surface area contributed by atoms with Crippen LogP contribution in [0.25, 0.3) is 5.69 Å². The smallest absolute Gasteiger partial charge is 0.281 e. The summed E-state index contributed by atoms with van der Waals surface area (Å²) in [6.07, 6.45) is 1.61. The molecule has 0 aliphatic carbocycles. The molecule has 0 saturated heterocycles. The summed E-state index contributed by atoms with van der Waals surface area (Å²) in [6.45, 7) is 6.10. The second-order valence-corrected chi connectivity index (χ2v) is 9.09. The Morgan fingerprint density at radius 1 is 0.941 bits per heavy atom. The predicted molar refractivity (Wildman–Crippen MR) is 139 cm³/mol. The Balaban J connectivity index is 1.61. The molecule has 4 aromatic rings. The molecule has 5 nitrogen and oxygen atoms in total. The van der Waals surface area contributed by atoms with Crippen molar-refractivity contribution in [3.63, 3.8) is 0 Å². The molecule has 1 heterocycles. The van der Waals surface area contributed by atoms with Crippen LogP contribution < -0.4 is 5.43 Å². The maximum atomic E-state index is 13.2. The maximum Gasteiger partial charge on any atom is 0.281 e. The van der Waals surface area contributed by atoms with E-state index in [0.29, 0.717) is 11.1 Å². The second-order valence-electron chi connectivity index (χ2n) is 8.24. The van der Waals surface area contributed by atoms with Crippen LogP contribution in [0.4, 0.5) is 0 Å². The Labute approximate surface area is 207 Å². The third-order valence-corrected chi connectivity index (χ3v) is 6.84. The average molecular weight is 516 g/mol. The van der Waals surface area contributed by atoms with Gasteiger partial charge in [-0.3, -0.25) is 4.79 Å². The fraction of sp³-hybridized carbons (Fsp3) is 0.143. The quantitative estimate of drug-likeness (QED) is 0.261. The van der Waals surface area contributed by atoms with Gasteiger partial charge in [-0.15, -0.1) is 0 Å². The van der Waals surface area contributed by atoms with Crippen LogP contribution in [-0.4, -0.2) is 21.8 Å². The van der Waals surface area contributed by atoms with E-state index in [-0.39, 0.29) is 0 Å². The van der Waals surface area contributed by atoms with Gasteiger partial charge in [0.05, 0.1) is 6.21 Å². The summed E-state index contributed by atoms with van der Waals surface area (Å²) < 4.78 is 3.21. The first-order valence-corrected chi connectivity index (χ1v) is 11.7. The fourth-order valence-electron chi connectivity index (χ4n) is 4.11. The number of halogens is 1. The van der Waals surface area contributed by atoms with Gasteiger partial charge in [0.15, 0.2) is 5.60 Å². The molecule has 1 aromatic heterocycles. The molecule has 0 aliphatic heterocycles. The van der Waals surface area contributed by atoms with Crippen LogP contribution in [0.1, 0.15) is 33.6 Å². The molecule has 172 valence electrons. The van der Waals surface area contributed by atoms with Gasteiger partial charge in [-0.2, -0.15) is 5.10 Å². The van der Waals surface area contributed by atoms with Crippen molar-refractivity contribution in [3.05, 3.63) is 123 Å². The minimum Gasteiger partial charge on any atom is -0.372 e. The van der Waals surface area contributed by atoms with Crippen molar-refractivity contribution in [1.82, 2.24) is 9.99 Å². The van der Waals surface area contributed by atoms with E-state index in [0.717, 1.165) is 32.7 Å². The highest BCUT2D eigenvalue weighted by molar-refractivity contribution is 9.10. The Morgan fingerprint density at radius 2 is 1.53 bits per heavy atom. The summed E-state index contributed by atoms with van der Waals surface area (Å²) in [5, 5.41) is 15.7. The number of aromatic nitrogens is 1. The van der Waals surface area contributed by atoms with Crippen molar-refractivity contribution in [2.45, 2.75) is 26.4 Å². The molecule has 0 aliphatic rings. The summed E-state index contributed by atoms with van der Waals surface area (Å²) in [4.78, 5) is 13.2. The molecule has 0 bridgehead atoms. The molecule has 1 amide bonds. The lowest BCUT2D eigenvalue weighted by molar-refractivity contribution is -0.136. The first-order valence-electron chi connectivity index (χ1n) is 10.9. The summed E-state index contributed by atoms with van der Waals surface area (Å²) in [7, 11) is 0. The molecule has 3 aromatic carbocycles. The van der Waals surface area contributed by atoms with Crippen LogP contribution in [0.15, 0.2) is 94.5 Å². The molecule has 0 atom stereocenters. The van der Waals surface area contributed by atoms with Gasteiger partial charge in [0, 0.05) is 27.1 Å². The number of hydrazone groups is 1. The van der Waals surface area contributed by atoms with E-state index in [4.69, 9.17) is 0 Å². The summed E-state index contributed by atoms with van der Waals surface area (Å²) in [6, 6.07) is 26.0. The Morgan fingerprint density at radius 3 is 2.09 bits per heavy atom. The van der Waals surface area contributed by atoms with E-state index < -0.39 is 11.5 Å². The predicted octanol–water partition coefficient (Wildman–Crippen LogP) is 5.55. The monoisotopic (exact) mass is 515 g/mol. The van der Waals surface area contributed by atoms with Crippen molar-refractivity contribution >= 4 is 28.1 Å². The van der Waals surface area contributed by atoms with Gasteiger partial charge in [-0.1, -0.05) is 76.6 Å². The van der Waals surface area contributed by atoms with E-state index >= 15 is 0 Å². The van der Waals surface area contributed by atoms with Crippen LogP contribution in [-0.2, 0) is 10.4 Å². The van der Waals surface area contributed by atoms with Crippen LogP contribution in [0.2, 0.25) is 0 Å². The number of rotatable bonds is 6. The lowest BCUT2D eigenvalue weighted by atomic mass is 9.85. The number of aryl methyl sites for hydroxylation is 2. The minimum atomic E-state index is -1.87. The van der Waals surface area contributed by atoms with Crippen LogP contribution in [0.5, 0.6) is 0 Å². The van der Waals surface area contributed by atoms with Crippen molar-refractivity contribution < 1.29 is 9.90 Å². The first kappa shape index (κ1) is 23.7. The van der Waals surface area contributed by atoms with Gasteiger partial charge >= 0.3 is 0 Å². The number of carbonyl (C=O) groups is 1. The van der Waals surface area contributed by atoms with Gasteiger partial charge in [-0.05, 0) is 61.7 Å². The number of nitrogens with zero attached hydrogens (tertiary/aromatic N) is 2. The van der Waals surface area contributed by atoms with Crippen molar-refractivity contribution in [2.24, 2.45) is 5.10 Å². The summed E-state index contributed by atoms with van der Waals surface area (Å²) >= 11 is 3.55. The van der Waals surface area contributed by atoms with Gasteiger partial charge in [0.2, 0.25) is 0 Å². The second kappa shape index (κ2) is 9.79. The van der Waals surface area contributed by atoms with Gasteiger partial charge in [-0.25, -0.2) is 5.43 Å². The van der Waals surface area contributed by atoms with Crippen LogP contribution in [0, 0.1) is 20.8 Å². The molecule has 2 N–H and O–H groups in total. The molecule has 0 unspecified atom stereocenters. The molecule has 6 heteroatoms. The van der Waals surface area contributed by atoms with Gasteiger partial charge < -0.3 is 9.67 Å². The number of aliphatic hydroxyl groups is 1. The third-order valence-electron chi connectivity index (χ3n) is 5.95. The largest absolute Gasteiger partial charge is 0.372 e. The van der Waals surface area contributed by atoms with Crippen molar-refractivity contribution in [2.75, 3.05) is 0 Å². The third kappa shape index (κ3) is 4.47. The zero-order valence-corrected chi connectivity index (χ0v) is 20.9. The van der Waals surface area contributed by atoms with Gasteiger partial charge in [0.25, 0.3) is 5.91 Å². The number of hydrogen-bond donors (Lipinski definition) is 2. The van der Waals surface area contributed by atoms with Crippen LogP contribution in [0.3, 0.4) is 0 Å². The van der Waals surface area contributed by atoms with E-state index in [1.54, 1.807) is 54.7 Å². The molecule has 34 heavy (non-hydrogen) atoms. The van der Waals surface area contributed by atoms with E-state index in [2.05, 4.69) is 50.1 Å². The minimum absolute atomic E-state index is 0.470. The Hall–Kier alpha value is -3.48. The average Bonchev–Trinajstić information content (AvgIpc) is 3.14. The molecule has 0 radical (unpaired) electrons. The number of carbonyl (C=O) groups excluding carboxylic acids is 1. The Kier molecular flexibility index (Phi) is 6.82. The SMILES string of the molecule is Cc1cc(-n2c(C)cc(/C=N\NC(=O)C(O)(c3ccccc3)c3ccccc3)c2C)ccc1Br. The number of nitrogens with one attached hydrogen (secondary N) is 1. The van der Waals surface area contributed by atoms with Gasteiger partial charge in [0.1, 0.15) is 0 Å². The molecule has 4 rings (SSSR count). The normalized spacial score (nSPS) is 11.7. The lowest BCUT2D eigenvalue weighted by Gasteiger charge is -2.27. The fourth-order valence-corrected chi connectivity index (χ4v) is 4.36. The van der Waals surface area contributed by atoms with E-state index in [1.807, 2.05) is 38.1 Å². The standard InChI is InChI=1S/C28H26BrN3O2/c1-19-16-25(14-15-26(19)29)32-20(2)17-22(21(32)3)18-30-31-27(33)28(34,23-10-6-4-7-11-23)24-12-8-5-9-13-24/h4-18,34H,1-3H3,(H,31,33)/b30-18-. The first-order chi connectivity index (χ1) is 16.3. The lowest BCUT2D eigenvalue weighted by Crippen LogP contribution is -2.43. The zero-order valence-electron chi connectivity index (χ0n) is 19.3. The molecule has 0 saturated carbocycles. The zero-order chi connectivity index (χ0) is 24.3. The Bertz CT molecular complexity index is 1310.